The highest BCUT2D eigenvalue weighted by atomic mass is 16.5. The Morgan fingerprint density at radius 2 is 1.79 bits per heavy atom. The minimum absolute atomic E-state index is 0.0418. The molecule has 5 nitrogen and oxygen atoms in total. The molecular weight excluding hydrogens is 350 g/mol. The van der Waals surface area contributed by atoms with Gasteiger partial charge in [0.1, 0.15) is 5.75 Å². The second-order valence-electron chi connectivity index (χ2n) is 7.55. The Morgan fingerprint density at radius 3 is 2.46 bits per heavy atom. The van der Waals surface area contributed by atoms with Gasteiger partial charge in [0, 0.05) is 31.1 Å². The molecule has 1 amide bonds. The number of nitrogens with one attached hydrogen (secondary N) is 2. The van der Waals surface area contributed by atoms with Gasteiger partial charge in [0.15, 0.2) is 0 Å². The highest BCUT2D eigenvalue weighted by Gasteiger charge is 2.37. The number of para-hydroxylation sites is 1. The molecular formula is C23H31N3O2. The lowest BCUT2D eigenvalue weighted by molar-refractivity contribution is 0.0931. The minimum Gasteiger partial charge on any atom is -0.496 e. The second-order valence-corrected chi connectivity index (χ2v) is 7.55. The van der Waals surface area contributed by atoms with Gasteiger partial charge in [-0.05, 0) is 43.4 Å². The topological polar surface area (TPSA) is 76.4 Å². The van der Waals surface area contributed by atoms with Gasteiger partial charge in [-0.3, -0.25) is 4.79 Å². The highest BCUT2D eigenvalue weighted by Crippen LogP contribution is 2.39. The van der Waals surface area contributed by atoms with Gasteiger partial charge in [0.05, 0.1) is 12.7 Å². The summed E-state index contributed by atoms with van der Waals surface area (Å²) >= 11 is 0. The van der Waals surface area contributed by atoms with Crippen molar-refractivity contribution in [1.82, 2.24) is 10.6 Å². The van der Waals surface area contributed by atoms with Crippen molar-refractivity contribution in [2.24, 2.45) is 5.73 Å². The maximum atomic E-state index is 12.8. The lowest BCUT2D eigenvalue weighted by atomic mass is 9.68. The van der Waals surface area contributed by atoms with Gasteiger partial charge in [-0.2, -0.15) is 0 Å². The number of benzene rings is 2. The maximum absolute atomic E-state index is 12.8. The molecule has 1 aliphatic carbocycles. The van der Waals surface area contributed by atoms with Crippen LogP contribution in [-0.2, 0) is 5.41 Å². The Kier molecular flexibility index (Phi) is 7.06. The number of carbonyl (C=O) groups is 1. The Labute approximate surface area is 167 Å². The summed E-state index contributed by atoms with van der Waals surface area (Å²) in [5.74, 6) is 0.514. The van der Waals surface area contributed by atoms with Crippen LogP contribution in [0.3, 0.4) is 0 Å². The number of ether oxygens (including phenoxy) is 1. The van der Waals surface area contributed by atoms with Gasteiger partial charge in [0.2, 0.25) is 0 Å². The lowest BCUT2D eigenvalue weighted by Gasteiger charge is -2.41. The molecule has 5 heteroatoms. The Bertz CT molecular complexity index is 755. The number of nitrogens with two attached hydrogens (primary N) is 1. The predicted molar refractivity (Wildman–Crippen MR) is 113 cm³/mol. The molecule has 3 rings (SSSR count). The Hall–Kier alpha value is -2.37. The fraction of sp³-hybridized carbons (Fsp3) is 0.435. The van der Waals surface area contributed by atoms with Crippen LogP contribution < -0.4 is 21.1 Å². The first-order chi connectivity index (χ1) is 13.7. The van der Waals surface area contributed by atoms with E-state index >= 15 is 0 Å². The first kappa shape index (κ1) is 20.4. The molecule has 28 heavy (non-hydrogen) atoms. The average molecular weight is 382 g/mol. The molecule has 0 bridgehead atoms. The summed E-state index contributed by atoms with van der Waals surface area (Å²) < 4.78 is 5.34. The van der Waals surface area contributed by atoms with Crippen LogP contribution in [-0.4, -0.2) is 38.7 Å². The van der Waals surface area contributed by atoms with Gasteiger partial charge in [0.25, 0.3) is 5.91 Å². The summed E-state index contributed by atoms with van der Waals surface area (Å²) in [5.41, 5.74) is 7.46. The van der Waals surface area contributed by atoms with E-state index in [2.05, 4.69) is 34.9 Å². The molecule has 0 spiro atoms. The van der Waals surface area contributed by atoms with Crippen LogP contribution >= 0.6 is 0 Å². The van der Waals surface area contributed by atoms with E-state index in [0.29, 0.717) is 30.4 Å². The third-order valence-corrected chi connectivity index (χ3v) is 5.85. The predicted octanol–water partition coefficient (Wildman–Crippen LogP) is 2.85. The molecule has 2 aromatic carbocycles. The molecule has 0 radical (unpaired) electrons. The molecule has 0 unspecified atom stereocenters. The molecule has 0 aromatic heterocycles. The molecule has 0 atom stereocenters. The Balaban J connectivity index is 1.73. The zero-order chi connectivity index (χ0) is 19.8. The average Bonchev–Trinajstić information content (AvgIpc) is 2.77. The summed E-state index contributed by atoms with van der Waals surface area (Å²) in [6, 6.07) is 18.4. The van der Waals surface area contributed by atoms with Crippen molar-refractivity contribution in [3.63, 3.8) is 0 Å². The zero-order valence-corrected chi connectivity index (χ0v) is 16.6. The SMILES string of the molecule is COc1ccccc1C(=O)NC[C@]1(c2ccccc2)CC[C@@H](NCCN)CC1. The van der Waals surface area contributed by atoms with Crippen LogP contribution in [0.25, 0.3) is 0 Å². The summed E-state index contributed by atoms with van der Waals surface area (Å²) in [7, 11) is 1.59. The summed E-state index contributed by atoms with van der Waals surface area (Å²) in [5, 5.41) is 6.72. The fourth-order valence-electron chi connectivity index (χ4n) is 4.20. The van der Waals surface area contributed by atoms with Crippen molar-refractivity contribution in [2.45, 2.75) is 37.1 Å². The van der Waals surface area contributed by atoms with E-state index in [-0.39, 0.29) is 11.3 Å². The number of rotatable bonds is 8. The number of amides is 1. The third-order valence-electron chi connectivity index (χ3n) is 5.85. The molecule has 150 valence electrons. The van der Waals surface area contributed by atoms with Crippen LogP contribution in [0.1, 0.15) is 41.6 Å². The lowest BCUT2D eigenvalue weighted by Crippen LogP contribution is -2.47. The smallest absolute Gasteiger partial charge is 0.255 e. The molecule has 4 N–H and O–H groups in total. The Morgan fingerprint density at radius 1 is 1.11 bits per heavy atom. The summed E-state index contributed by atoms with van der Waals surface area (Å²) in [6.07, 6.45) is 4.23. The standard InChI is InChI=1S/C23H31N3O2/c1-28-21-10-6-5-9-20(21)22(27)26-17-23(18-7-3-2-4-8-18)13-11-19(12-14-23)25-16-15-24/h2-10,19,25H,11-17,24H2,1H3,(H,26,27)/t19-,23+. The quantitative estimate of drug-likeness (QED) is 0.657. The second kappa shape index (κ2) is 9.71. The largest absolute Gasteiger partial charge is 0.496 e. The van der Waals surface area contributed by atoms with Crippen molar-refractivity contribution < 1.29 is 9.53 Å². The first-order valence-electron chi connectivity index (χ1n) is 10.1. The van der Waals surface area contributed by atoms with Gasteiger partial charge in [-0.1, -0.05) is 42.5 Å². The van der Waals surface area contributed by atoms with Crippen LogP contribution in [0.15, 0.2) is 54.6 Å². The number of methoxy groups -OCH3 is 1. The normalized spacial score (nSPS) is 21.9. The number of hydrogen-bond donors (Lipinski definition) is 3. The van der Waals surface area contributed by atoms with Crippen molar-refractivity contribution in [1.29, 1.82) is 0 Å². The van der Waals surface area contributed by atoms with Crippen LogP contribution in [0.5, 0.6) is 5.75 Å². The van der Waals surface area contributed by atoms with Crippen molar-refractivity contribution in [2.75, 3.05) is 26.7 Å². The molecule has 1 aliphatic rings. The molecule has 0 heterocycles. The highest BCUT2D eigenvalue weighted by molar-refractivity contribution is 5.96. The van der Waals surface area contributed by atoms with Crippen LogP contribution in [0, 0.1) is 0 Å². The van der Waals surface area contributed by atoms with E-state index in [4.69, 9.17) is 10.5 Å². The van der Waals surface area contributed by atoms with Gasteiger partial charge < -0.3 is 21.1 Å². The minimum atomic E-state index is -0.0869. The zero-order valence-electron chi connectivity index (χ0n) is 16.6. The maximum Gasteiger partial charge on any atom is 0.255 e. The number of carbonyl (C=O) groups excluding carboxylic acids is 1. The van der Waals surface area contributed by atoms with Gasteiger partial charge in [-0.25, -0.2) is 0 Å². The fourth-order valence-corrected chi connectivity index (χ4v) is 4.20. The van der Waals surface area contributed by atoms with E-state index in [9.17, 15) is 4.79 Å². The van der Waals surface area contributed by atoms with E-state index in [1.807, 2.05) is 24.3 Å². The van der Waals surface area contributed by atoms with Crippen LogP contribution in [0.4, 0.5) is 0 Å². The van der Waals surface area contributed by atoms with E-state index in [1.165, 1.54) is 5.56 Å². The van der Waals surface area contributed by atoms with E-state index in [1.54, 1.807) is 13.2 Å². The van der Waals surface area contributed by atoms with Gasteiger partial charge in [-0.15, -0.1) is 0 Å². The van der Waals surface area contributed by atoms with Crippen molar-refractivity contribution in [3.05, 3.63) is 65.7 Å². The van der Waals surface area contributed by atoms with E-state index < -0.39 is 0 Å². The third kappa shape index (κ3) is 4.72. The van der Waals surface area contributed by atoms with E-state index in [0.717, 1.165) is 32.2 Å². The summed E-state index contributed by atoms with van der Waals surface area (Å²) in [6.45, 7) is 2.14. The van der Waals surface area contributed by atoms with Crippen LogP contribution in [0.2, 0.25) is 0 Å². The molecule has 0 aliphatic heterocycles. The summed E-state index contributed by atoms with van der Waals surface area (Å²) in [4.78, 5) is 12.8. The molecule has 0 saturated heterocycles. The first-order valence-corrected chi connectivity index (χ1v) is 10.1. The van der Waals surface area contributed by atoms with Crippen molar-refractivity contribution >= 4 is 5.91 Å². The monoisotopic (exact) mass is 381 g/mol. The van der Waals surface area contributed by atoms with Gasteiger partial charge >= 0.3 is 0 Å². The number of hydrogen-bond acceptors (Lipinski definition) is 4. The molecule has 2 aromatic rings. The molecule has 1 fully saturated rings. The molecule has 1 saturated carbocycles. The van der Waals surface area contributed by atoms with Crippen molar-refractivity contribution in [3.8, 4) is 5.75 Å².